The molecule has 1 saturated heterocycles. The number of rotatable bonds is 8. The molecule has 2 nitrogen and oxygen atoms in total. The summed E-state index contributed by atoms with van der Waals surface area (Å²) < 4.78 is 6.04. The van der Waals surface area contributed by atoms with E-state index in [9.17, 15) is 0 Å². The van der Waals surface area contributed by atoms with Crippen LogP contribution in [0, 0.1) is 11.8 Å². The lowest BCUT2D eigenvalue weighted by molar-refractivity contribution is 0.195. The molecule has 1 aliphatic rings. The highest BCUT2D eigenvalue weighted by atomic mass is 16.5. The minimum absolute atomic E-state index is 0.656. The third kappa shape index (κ3) is 6.16. The van der Waals surface area contributed by atoms with Gasteiger partial charge in [-0.3, -0.25) is 4.90 Å². The largest absolute Gasteiger partial charge is 0.493 e. The molecule has 0 amide bonds. The molecular weight excluding hydrogens is 293 g/mol. The molecule has 1 fully saturated rings. The van der Waals surface area contributed by atoms with E-state index in [2.05, 4.69) is 64.0 Å². The highest BCUT2D eigenvalue weighted by Crippen LogP contribution is 2.27. The maximum absolute atomic E-state index is 6.04. The van der Waals surface area contributed by atoms with Gasteiger partial charge in [0, 0.05) is 25.0 Å². The van der Waals surface area contributed by atoms with E-state index in [-0.39, 0.29) is 0 Å². The minimum atomic E-state index is 0.656. The van der Waals surface area contributed by atoms with E-state index in [0.717, 1.165) is 24.3 Å². The van der Waals surface area contributed by atoms with Crippen molar-refractivity contribution in [3.05, 3.63) is 24.3 Å². The van der Waals surface area contributed by atoms with Crippen molar-refractivity contribution < 1.29 is 4.74 Å². The van der Waals surface area contributed by atoms with Gasteiger partial charge in [0.2, 0.25) is 0 Å². The van der Waals surface area contributed by atoms with E-state index in [1.165, 1.54) is 37.8 Å². The second kappa shape index (κ2) is 11.6. The molecule has 0 aromatic heterocycles. The van der Waals surface area contributed by atoms with Crippen molar-refractivity contribution in [1.82, 2.24) is 4.90 Å². The highest BCUT2D eigenvalue weighted by Gasteiger charge is 2.33. The van der Waals surface area contributed by atoms with Gasteiger partial charge in [-0.15, -0.1) is 0 Å². The monoisotopic (exact) mass is 330 g/mol. The molecule has 3 heteroatoms. The van der Waals surface area contributed by atoms with Crippen LogP contribution in [0.25, 0.3) is 0 Å². The average molecular weight is 330 g/mol. The molecule has 2 rings (SSSR count). The zero-order valence-electron chi connectivity index (χ0n) is 16.7. The first-order chi connectivity index (χ1) is 11.7. The number of likely N-dealkylation sites (tertiary alicyclic amines) is 1. The van der Waals surface area contributed by atoms with Crippen LogP contribution in [0.15, 0.2) is 24.3 Å². The molecule has 1 aromatic rings. The summed E-state index contributed by atoms with van der Waals surface area (Å²) >= 11 is 0. The lowest BCUT2D eigenvalue weighted by atomic mass is 9.73. The highest BCUT2D eigenvalue weighted by molar-refractivity contribution is 6.51. The molecule has 1 heterocycles. The average Bonchev–Trinajstić information content (AvgIpc) is 3.00. The molecule has 0 spiro atoms. The Kier molecular flexibility index (Phi) is 10.2. The van der Waals surface area contributed by atoms with Gasteiger partial charge in [-0.1, -0.05) is 65.5 Å². The molecule has 0 bridgehead atoms. The normalized spacial score (nSPS) is 21.8. The molecule has 0 N–H and O–H groups in total. The molecular formula is C21H37BNO. The zero-order valence-corrected chi connectivity index (χ0v) is 16.7. The van der Waals surface area contributed by atoms with Crippen molar-refractivity contribution in [2.75, 3.05) is 19.7 Å². The summed E-state index contributed by atoms with van der Waals surface area (Å²) in [5.74, 6) is 2.38. The van der Waals surface area contributed by atoms with Crippen LogP contribution in [-0.4, -0.2) is 37.9 Å². The maximum Gasteiger partial charge on any atom is 0.148 e. The topological polar surface area (TPSA) is 12.5 Å². The van der Waals surface area contributed by atoms with Crippen molar-refractivity contribution in [3.63, 3.8) is 0 Å². The third-order valence-corrected chi connectivity index (χ3v) is 5.08. The van der Waals surface area contributed by atoms with Gasteiger partial charge in [-0.05, 0) is 30.9 Å². The Morgan fingerprint density at radius 2 is 1.83 bits per heavy atom. The summed E-state index contributed by atoms with van der Waals surface area (Å²) in [5.41, 5.74) is 1.25. The fourth-order valence-corrected chi connectivity index (χ4v) is 3.53. The third-order valence-electron chi connectivity index (χ3n) is 5.08. The molecule has 0 saturated carbocycles. The van der Waals surface area contributed by atoms with Crippen LogP contribution in [0.2, 0.25) is 6.82 Å². The van der Waals surface area contributed by atoms with Crippen LogP contribution in [-0.2, 0) is 0 Å². The van der Waals surface area contributed by atoms with E-state index in [1.807, 2.05) is 13.8 Å². The fourth-order valence-electron chi connectivity index (χ4n) is 3.53. The first-order valence-corrected chi connectivity index (χ1v) is 9.94. The summed E-state index contributed by atoms with van der Waals surface area (Å²) in [4.78, 5) is 2.69. The quantitative estimate of drug-likeness (QED) is 0.645. The van der Waals surface area contributed by atoms with Crippen molar-refractivity contribution in [1.29, 1.82) is 0 Å². The first kappa shape index (κ1) is 21.1. The van der Waals surface area contributed by atoms with E-state index in [1.54, 1.807) is 0 Å². The molecule has 135 valence electrons. The summed E-state index contributed by atoms with van der Waals surface area (Å²) in [5, 5.41) is 0. The number of hydrogen-bond acceptors (Lipinski definition) is 2. The number of hydrogen-bond donors (Lipinski definition) is 0. The Hall–Kier alpha value is -0.955. The van der Waals surface area contributed by atoms with Gasteiger partial charge in [0.05, 0.1) is 6.61 Å². The summed E-state index contributed by atoms with van der Waals surface area (Å²) in [6, 6.07) is 9.16. The van der Waals surface area contributed by atoms with Crippen molar-refractivity contribution in [2.24, 2.45) is 11.8 Å². The van der Waals surface area contributed by atoms with Gasteiger partial charge in [0.15, 0.2) is 0 Å². The predicted molar refractivity (Wildman–Crippen MR) is 108 cm³/mol. The first-order valence-electron chi connectivity index (χ1n) is 9.94. The van der Waals surface area contributed by atoms with Gasteiger partial charge in [0.1, 0.15) is 13.0 Å². The standard InChI is InChI=1S/C19H31BNO.C2H6/c1-5-7-18(6-2)21-12-15(3)16(13-21)14-22-19-10-8-17(20-4)9-11-19;1-2/h8-11,15-16,18H,5-7,12-14H2,1-4H3;1-2H3. The van der Waals surface area contributed by atoms with Gasteiger partial charge < -0.3 is 4.74 Å². The van der Waals surface area contributed by atoms with Crippen molar-refractivity contribution in [2.45, 2.75) is 66.7 Å². The van der Waals surface area contributed by atoms with Crippen LogP contribution in [0.3, 0.4) is 0 Å². The molecule has 1 radical (unpaired) electrons. The predicted octanol–water partition coefficient (Wildman–Crippen LogP) is 4.62. The van der Waals surface area contributed by atoms with E-state index < -0.39 is 0 Å². The van der Waals surface area contributed by atoms with Gasteiger partial charge in [-0.25, -0.2) is 0 Å². The van der Waals surface area contributed by atoms with E-state index >= 15 is 0 Å². The minimum Gasteiger partial charge on any atom is -0.493 e. The zero-order chi connectivity index (χ0) is 17.9. The Balaban J connectivity index is 0.00000139. The van der Waals surface area contributed by atoms with Crippen LogP contribution in [0.4, 0.5) is 0 Å². The van der Waals surface area contributed by atoms with Gasteiger partial charge >= 0.3 is 0 Å². The molecule has 1 aliphatic heterocycles. The smallest absolute Gasteiger partial charge is 0.148 e. The van der Waals surface area contributed by atoms with Crippen molar-refractivity contribution in [3.8, 4) is 5.75 Å². The fraction of sp³-hybridized carbons (Fsp3) is 0.714. The van der Waals surface area contributed by atoms with Crippen LogP contribution in [0.5, 0.6) is 5.75 Å². The van der Waals surface area contributed by atoms with E-state index in [4.69, 9.17) is 4.74 Å². The van der Waals surface area contributed by atoms with Crippen LogP contribution in [0.1, 0.15) is 53.9 Å². The lowest BCUT2D eigenvalue weighted by Gasteiger charge is -2.26. The maximum atomic E-state index is 6.04. The SMILES string of the molecule is CC.C[B]c1ccc(OCC2CN(C(CC)CCC)CC2C)cc1. The lowest BCUT2D eigenvalue weighted by Crippen LogP contribution is -2.33. The molecule has 24 heavy (non-hydrogen) atoms. The summed E-state index contributed by atoms with van der Waals surface area (Å²) in [6.45, 7) is 16.3. The Bertz CT molecular complexity index is 434. The Morgan fingerprint density at radius 3 is 2.38 bits per heavy atom. The molecule has 0 aliphatic carbocycles. The molecule has 3 unspecified atom stereocenters. The number of nitrogens with zero attached hydrogens (tertiary/aromatic N) is 1. The number of benzene rings is 1. The second-order valence-corrected chi connectivity index (χ2v) is 6.71. The second-order valence-electron chi connectivity index (χ2n) is 6.71. The summed E-state index contributed by atoms with van der Waals surface area (Å²) in [7, 11) is 2.11. The van der Waals surface area contributed by atoms with Crippen molar-refractivity contribution >= 4 is 12.7 Å². The Labute approximate surface area is 151 Å². The van der Waals surface area contributed by atoms with Gasteiger partial charge in [0.25, 0.3) is 0 Å². The molecule has 1 aromatic carbocycles. The van der Waals surface area contributed by atoms with Crippen LogP contribution < -0.4 is 10.2 Å². The molecule has 3 atom stereocenters. The number of ether oxygens (including phenoxy) is 1. The van der Waals surface area contributed by atoms with E-state index in [0.29, 0.717) is 5.92 Å². The van der Waals surface area contributed by atoms with Crippen LogP contribution >= 0.6 is 0 Å². The summed E-state index contributed by atoms with van der Waals surface area (Å²) in [6.07, 6.45) is 3.88. The van der Waals surface area contributed by atoms with Gasteiger partial charge in [-0.2, -0.15) is 0 Å². The Morgan fingerprint density at radius 1 is 1.17 bits per heavy atom.